The van der Waals surface area contributed by atoms with E-state index in [1.807, 2.05) is 44.2 Å². The number of benzene rings is 2. The van der Waals surface area contributed by atoms with Crippen molar-refractivity contribution in [2.45, 2.75) is 31.6 Å². The van der Waals surface area contributed by atoms with E-state index in [9.17, 15) is 14.3 Å². The molecule has 0 bridgehead atoms. The minimum Gasteiger partial charge on any atom is -0.388 e. The fraction of sp³-hybridized carbons (Fsp3) is 0.381. The molecule has 140 valence electrons. The Labute approximate surface area is 159 Å². The van der Waals surface area contributed by atoms with Crippen LogP contribution in [0.15, 0.2) is 54.6 Å². The monoisotopic (exact) mass is 375 g/mol. The van der Waals surface area contributed by atoms with Crippen LogP contribution in [0, 0.1) is 11.7 Å². The van der Waals surface area contributed by atoms with Crippen molar-refractivity contribution in [3.63, 3.8) is 0 Å². The number of hydrogen-bond acceptors (Lipinski definition) is 3. The molecule has 2 N–H and O–H groups in total. The second-order valence-electron chi connectivity index (χ2n) is 6.59. The number of nitrogens with one attached hydrogen (secondary N) is 1. The van der Waals surface area contributed by atoms with Crippen molar-refractivity contribution < 1.29 is 14.3 Å². The lowest BCUT2D eigenvalue weighted by atomic mass is 10.1. The zero-order valence-corrected chi connectivity index (χ0v) is 16.0. The van der Waals surface area contributed by atoms with E-state index in [0.717, 1.165) is 11.1 Å². The van der Waals surface area contributed by atoms with Gasteiger partial charge in [0, 0.05) is 12.3 Å². The molecule has 2 atom stereocenters. The maximum absolute atomic E-state index is 12.9. The van der Waals surface area contributed by atoms with Crippen molar-refractivity contribution in [3.8, 4) is 0 Å². The van der Waals surface area contributed by atoms with Crippen molar-refractivity contribution in [1.82, 2.24) is 5.32 Å². The molecule has 2 aromatic carbocycles. The van der Waals surface area contributed by atoms with Gasteiger partial charge in [0.25, 0.3) is 0 Å². The van der Waals surface area contributed by atoms with Crippen LogP contribution in [0.25, 0.3) is 0 Å². The Morgan fingerprint density at radius 2 is 1.77 bits per heavy atom. The highest BCUT2D eigenvalue weighted by Crippen LogP contribution is 2.25. The first kappa shape index (κ1) is 20.5. The molecule has 0 fully saturated rings. The predicted octanol–water partition coefficient (Wildman–Crippen LogP) is 3.98. The molecular weight excluding hydrogens is 349 g/mol. The second kappa shape index (κ2) is 10.3. The molecule has 3 nitrogen and oxygen atoms in total. The molecule has 0 aliphatic rings. The molecule has 2 aromatic rings. The minimum atomic E-state index is -0.588. The highest BCUT2D eigenvalue weighted by atomic mass is 32.2. The average molecular weight is 376 g/mol. The zero-order chi connectivity index (χ0) is 18.9. The largest absolute Gasteiger partial charge is 0.388 e. The predicted molar refractivity (Wildman–Crippen MR) is 106 cm³/mol. The molecule has 0 spiro atoms. The van der Waals surface area contributed by atoms with Crippen molar-refractivity contribution in [2.24, 2.45) is 5.92 Å². The minimum absolute atomic E-state index is 0.0210. The Balaban J connectivity index is 1.81. The van der Waals surface area contributed by atoms with E-state index in [0.29, 0.717) is 18.7 Å². The fourth-order valence-electron chi connectivity index (χ4n) is 2.62. The molecule has 0 saturated heterocycles. The Morgan fingerprint density at radius 1 is 1.12 bits per heavy atom. The molecule has 0 heterocycles. The van der Waals surface area contributed by atoms with Gasteiger partial charge in [0.15, 0.2) is 0 Å². The van der Waals surface area contributed by atoms with Crippen LogP contribution in [-0.4, -0.2) is 28.6 Å². The highest BCUT2D eigenvalue weighted by molar-refractivity contribution is 8.00. The summed E-state index contributed by atoms with van der Waals surface area (Å²) in [5.41, 5.74) is 1.85. The summed E-state index contributed by atoms with van der Waals surface area (Å²) >= 11 is 1.48. The van der Waals surface area contributed by atoms with Gasteiger partial charge in [0.05, 0.1) is 11.4 Å². The number of aliphatic hydroxyl groups is 1. The maximum atomic E-state index is 12.9. The summed E-state index contributed by atoms with van der Waals surface area (Å²) < 4.78 is 12.9. The summed E-state index contributed by atoms with van der Waals surface area (Å²) in [6.45, 7) is 4.52. The highest BCUT2D eigenvalue weighted by Gasteiger charge is 2.23. The van der Waals surface area contributed by atoms with E-state index in [4.69, 9.17) is 0 Å². The van der Waals surface area contributed by atoms with Crippen LogP contribution in [0.4, 0.5) is 4.39 Å². The summed E-state index contributed by atoms with van der Waals surface area (Å²) in [6.07, 6.45) is 0.0724. The van der Waals surface area contributed by atoms with Crippen LogP contribution in [-0.2, 0) is 11.2 Å². The van der Waals surface area contributed by atoms with Gasteiger partial charge in [0.2, 0.25) is 5.91 Å². The van der Waals surface area contributed by atoms with Crippen LogP contribution >= 0.6 is 11.8 Å². The van der Waals surface area contributed by atoms with Crippen LogP contribution in [0.1, 0.15) is 31.1 Å². The van der Waals surface area contributed by atoms with Crippen LogP contribution in [0.3, 0.4) is 0 Å². The lowest BCUT2D eigenvalue weighted by molar-refractivity contribution is -0.121. The van der Waals surface area contributed by atoms with Crippen molar-refractivity contribution in [3.05, 3.63) is 71.5 Å². The molecule has 0 aliphatic heterocycles. The van der Waals surface area contributed by atoms with Gasteiger partial charge in [-0.05, 0) is 35.6 Å². The summed E-state index contributed by atoms with van der Waals surface area (Å²) in [6, 6.07) is 15.8. The Hall–Kier alpha value is -1.85. The number of rotatable bonds is 9. The lowest BCUT2D eigenvalue weighted by Crippen LogP contribution is -2.37. The third-order valence-corrected chi connectivity index (χ3v) is 5.73. The Bertz CT molecular complexity index is 676. The zero-order valence-electron chi connectivity index (χ0n) is 15.2. The Kier molecular flexibility index (Phi) is 8.13. The van der Waals surface area contributed by atoms with Crippen molar-refractivity contribution in [2.75, 3.05) is 12.3 Å². The van der Waals surface area contributed by atoms with Gasteiger partial charge in [-0.25, -0.2) is 4.39 Å². The average Bonchev–Trinajstić information content (AvgIpc) is 2.64. The third kappa shape index (κ3) is 6.46. The summed E-state index contributed by atoms with van der Waals surface area (Å²) in [5, 5.41) is 13.0. The summed E-state index contributed by atoms with van der Waals surface area (Å²) in [7, 11) is 0. The van der Waals surface area contributed by atoms with Gasteiger partial charge in [-0.15, -0.1) is 11.8 Å². The fourth-order valence-corrected chi connectivity index (χ4v) is 3.82. The number of thioether (sulfide) groups is 1. The number of aliphatic hydroxyl groups excluding tert-OH is 1. The quantitative estimate of drug-likeness (QED) is 0.697. The van der Waals surface area contributed by atoms with E-state index in [1.165, 1.54) is 23.9 Å². The third-order valence-electron chi connectivity index (χ3n) is 4.11. The first-order valence-electron chi connectivity index (χ1n) is 8.84. The molecule has 2 rings (SSSR count). The maximum Gasteiger partial charge on any atom is 0.233 e. The van der Waals surface area contributed by atoms with Crippen LogP contribution < -0.4 is 5.32 Å². The standard InChI is InChI=1S/C21H26FNO2S/c1-15(2)20(26-14-19(24)17-6-4-3-5-7-17)21(25)23-13-12-16-8-10-18(22)11-9-16/h3-11,15,19-20,24H,12-14H2,1-2H3,(H,23,25). The first-order chi connectivity index (χ1) is 12.5. The molecule has 26 heavy (non-hydrogen) atoms. The van der Waals surface area contributed by atoms with Gasteiger partial charge >= 0.3 is 0 Å². The number of carbonyl (C=O) groups excluding carboxylic acids is 1. The van der Waals surface area contributed by atoms with E-state index < -0.39 is 6.10 Å². The van der Waals surface area contributed by atoms with Gasteiger partial charge in [-0.3, -0.25) is 4.79 Å². The molecule has 1 amide bonds. The number of hydrogen-bond donors (Lipinski definition) is 2. The van der Waals surface area contributed by atoms with Gasteiger partial charge in [0.1, 0.15) is 5.82 Å². The van der Waals surface area contributed by atoms with Crippen LogP contribution in [0.2, 0.25) is 0 Å². The lowest BCUT2D eigenvalue weighted by Gasteiger charge is -2.21. The smallest absolute Gasteiger partial charge is 0.233 e. The molecule has 2 unspecified atom stereocenters. The SMILES string of the molecule is CC(C)C(SCC(O)c1ccccc1)C(=O)NCCc1ccc(F)cc1. The van der Waals surface area contributed by atoms with Crippen LogP contribution in [0.5, 0.6) is 0 Å². The second-order valence-corrected chi connectivity index (χ2v) is 7.77. The normalized spacial score (nSPS) is 13.4. The van der Waals surface area contributed by atoms with Crippen molar-refractivity contribution in [1.29, 1.82) is 0 Å². The number of amides is 1. The van der Waals surface area contributed by atoms with Gasteiger partial charge in [-0.1, -0.05) is 56.3 Å². The molecule has 0 aromatic heterocycles. The summed E-state index contributed by atoms with van der Waals surface area (Å²) in [5.74, 6) is 0.352. The van der Waals surface area contributed by atoms with E-state index in [2.05, 4.69) is 5.32 Å². The van der Waals surface area contributed by atoms with E-state index in [-0.39, 0.29) is 22.9 Å². The topological polar surface area (TPSA) is 49.3 Å². The number of carbonyl (C=O) groups is 1. The van der Waals surface area contributed by atoms with E-state index in [1.54, 1.807) is 12.1 Å². The Morgan fingerprint density at radius 3 is 2.38 bits per heavy atom. The van der Waals surface area contributed by atoms with Gasteiger partial charge < -0.3 is 10.4 Å². The first-order valence-corrected chi connectivity index (χ1v) is 9.89. The molecule has 0 radical (unpaired) electrons. The molecule has 5 heteroatoms. The van der Waals surface area contributed by atoms with E-state index >= 15 is 0 Å². The van der Waals surface area contributed by atoms with Gasteiger partial charge in [-0.2, -0.15) is 0 Å². The van der Waals surface area contributed by atoms with Crippen molar-refractivity contribution >= 4 is 17.7 Å². The number of halogens is 1. The molecular formula is C21H26FNO2S. The summed E-state index contributed by atoms with van der Waals surface area (Å²) in [4.78, 5) is 12.5. The molecule has 0 saturated carbocycles. The molecule has 0 aliphatic carbocycles.